The molecule has 5 nitrogen and oxygen atoms in total. The summed E-state index contributed by atoms with van der Waals surface area (Å²) in [6.45, 7) is 3.58. The van der Waals surface area contributed by atoms with Crippen molar-refractivity contribution in [3.8, 4) is 0 Å². The van der Waals surface area contributed by atoms with Crippen molar-refractivity contribution in [1.82, 2.24) is 5.32 Å². The summed E-state index contributed by atoms with van der Waals surface area (Å²) in [6.07, 6.45) is 0. The van der Waals surface area contributed by atoms with Gasteiger partial charge in [-0.3, -0.25) is 4.79 Å². The van der Waals surface area contributed by atoms with Crippen molar-refractivity contribution in [2.45, 2.75) is 19.9 Å². The zero-order chi connectivity index (χ0) is 13.0. The van der Waals surface area contributed by atoms with E-state index in [-0.39, 0.29) is 11.9 Å². The Labute approximate surface area is 104 Å². The predicted octanol–water partition coefficient (Wildman–Crippen LogP) is 1.39. The Balaban J connectivity index is 2.94. The Hall–Kier alpha value is -1.40. The molecule has 0 spiro atoms. The topological polar surface area (TPSA) is 67.4 Å². The summed E-state index contributed by atoms with van der Waals surface area (Å²) in [7, 11) is 3.02. The third kappa shape index (κ3) is 3.04. The highest BCUT2D eigenvalue weighted by molar-refractivity contribution is 7.12. The minimum Gasteiger partial charge on any atom is -0.465 e. The average molecular weight is 256 g/mol. The van der Waals surface area contributed by atoms with Gasteiger partial charge in [-0.15, -0.1) is 11.3 Å². The van der Waals surface area contributed by atoms with Gasteiger partial charge in [-0.05, 0) is 31.8 Å². The fourth-order valence-corrected chi connectivity index (χ4v) is 2.13. The Morgan fingerprint density at radius 1 is 1.47 bits per heavy atom. The van der Waals surface area contributed by atoms with Crippen LogP contribution >= 0.6 is 11.3 Å². The maximum atomic E-state index is 11.7. The molecule has 1 amide bonds. The molecule has 0 saturated heterocycles. The van der Waals surface area contributed by atoms with Crippen molar-refractivity contribution in [3.63, 3.8) is 0 Å². The van der Waals surface area contributed by atoms with Gasteiger partial charge in [-0.2, -0.15) is 0 Å². The Morgan fingerprint density at radius 3 is 2.65 bits per heavy atom. The summed E-state index contributed by atoms with van der Waals surface area (Å²) < 4.78 is 4.66. The first-order valence-corrected chi connectivity index (χ1v) is 6.03. The van der Waals surface area contributed by atoms with Crippen LogP contribution in [0.1, 0.15) is 22.2 Å². The number of carbonyl (C=O) groups excluding carboxylic acids is 2. The number of anilines is 1. The van der Waals surface area contributed by atoms with E-state index in [9.17, 15) is 9.59 Å². The Kier molecular flexibility index (Phi) is 4.65. The first-order valence-electron chi connectivity index (χ1n) is 5.15. The van der Waals surface area contributed by atoms with Crippen molar-refractivity contribution in [2.24, 2.45) is 0 Å². The monoisotopic (exact) mass is 256 g/mol. The lowest BCUT2D eigenvalue weighted by molar-refractivity contribution is -0.117. The number of rotatable bonds is 4. The van der Waals surface area contributed by atoms with E-state index in [0.717, 1.165) is 5.56 Å². The minimum absolute atomic E-state index is 0.181. The number of ether oxygens (including phenoxy) is 1. The molecule has 0 saturated carbocycles. The van der Waals surface area contributed by atoms with Crippen molar-refractivity contribution in [2.75, 3.05) is 19.5 Å². The third-order valence-corrected chi connectivity index (χ3v) is 3.50. The van der Waals surface area contributed by atoms with Crippen LogP contribution in [0.25, 0.3) is 0 Å². The molecule has 1 unspecified atom stereocenters. The van der Waals surface area contributed by atoms with E-state index in [1.165, 1.54) is 18.4 Å². The highest BCUT2D eigenvalue weighted by atomic mass is 32.1. The molecule has 1 atom stereocenters. The summed E-state index contributed by atoms with van der Waals surface area (Å²) in [5.74, 6) is -0.616. The molecule has 6 heteroatoms. The van der Waals surface area contributed by atoms with Crippen LogP contribution in [0, 0.1) is 6.92 Å². The lowest BCUT2D eigenvalue weighted by Crippen LogP contribution is -2.35. The van der Waals surface area contributed by atoms with Gasteiger partial charge in [0, 0.05) is 0 Å². The van der Waals surface area contributed by atoms with Gasteiger partial charge < -0.3 is 15.4 Å². The van der Waals surface area contributed by atoms with Crippen molar-refractivity contribution in [3.05, 3.63) is 15.8 Å². The molecule has 0 fully saturated rings. The van der Waals surface area contributed by atoms with Gasteiger partial charge in [0.25, 0.3) is 0 Å². The van der Waals surface area contributed by atoms with Crippen LogP contribution in [0.3, 0.4) is 0 Å². The van der Waals surface area contributed by atoms with Crippen molar-refractivity contribution < 1.29 is 14.3 Å². The zero-order valence-corrected chi connectivity index (χ0v) is 11.1. The number of hydrogen-bond donors (Lipinski definition) is 2. The van der Waals surface area contributed by atoms with Crippen LogP contribution in [0.5, 0.6) is 0 Å². The van der Waals surface area contributed by atoms with E-state index in [1.54, 1.807) is 14.0 Å². The molecule has 2 N–H and O–H groups in total. The lowest BCUT2D eigenvalue weighted by atomic mass is 10.2. The van der Waals surface area contributed by atoms with E-state index < -0.39 is 5.97 Å². The number of amides is 1. The Morgan fingerprint density at radius 2 is 2.12 bits per heavy atom. The predicted molar refractivity (Wildman–Crippen MR) is 67.5 cm³/mol. The second-order valence-corrected chi connectivity index (χ2v) is 4.49. The molecule has 1 heterocycles. The first-order chi connectivity index (χ1) is 8.01. The second-order valence-electron chi connectivity index (χ2n) is 3.61. The summed E-state index contributed by atoms with van der Waals surface area (Å²) in [5.41, 5.74) is 1.39. The molecule has 0 aromatic carbocycles. The molecular formula is C11H16N2O3S. The molecule has 0 bridgehead atoms. The van der Waals surface area contributed by atoms with Crippen molar-refractivity contribution >= 4 is 28.9 Å². The number of likely N-dealkylation sites (N-methyl/N-ethyl adjacent to an activating group) is 1. The quantitative estimate of drug-likeness (QED) is 0.799. The fraction of sp³-hybridized carbons (Fsp3) is 0.455. The first kappa shape index (κ1) is 13.7. The number of aryl methyl sites for hydroxylation is 1. The number of carbonyl (C=O) groups is 2. The normalized spacial score (nSPS) is 12.0. The summed E-state index contributed by atoms with van der Waals surface area (Å²) in [5, 5.41) is 7.38. The second kappa shape index (κ2) is 5.79. The van der Waals surface area contributed by atoms with Gasteiger partial charge >= 0.3 is 5.97 Å². The van der Waals surface area contributed by atoms with E-state index in [0.29, 0.717) is 10.6 Å². The standard InChI is InChI=1S/C11H16N2O3S/c1-6-5-17-9(11(15)16-4)8(6)13-10(14)7(2)12-3/h5,7,12H,1-4H3,(H,13,14). The number of thiophene rings is 1. The van der Waals surface area contributed by atoms with E-state index in [4.69, 9.17) is 0 Å². The molecular weight excluding hydrogens is 240 g/mol. The summed E-state index contributed by atoms with van der Waals surface area (Å²) in [4.78, 5) is 23.6. The maximum Gasteiger partial charge on any atom is 0.350 e. The average Bonchev–Trinajstić information content (AvgIpc) is 2.69. The molecule has 1 aromatic heterocycles. The van der Waals surface area contributed by atoms with E-state index in [1.807, 2.05) is 12.3 Å². The van der Waals surface area contributed by atoms with Crippen LogP contribution in [-0.2, 0) is 9.53 Å². The highest BCUT2D eigenvalue weighted by Gasteiger charge is 2.20. The van der Waals surface area contributed by atoms with Gasteiger partial charge in [-0.25, -0.2) is 4.79 Å². The molecule has 0 aliphatic heterocycles. The summed E-state index contributed by atoms with van der Waals surface area (Å²) >= 11 is 1.26. The fourth-order valence-electron chi connectivity index (χ4n) is 1.21. The number of hydrogen-bond acceptors (Lipinski definition) is 5. The lowest BCUT2D eigenvalue weighted by Gasteiger charge is -2.12. The third-order valence-electron chi connectivity index (χ3n) is 2.42. The molecule has 1 aromatic rings. The van der Waals surface area contributed by atoms with E-state index >= 15 is 0 Å². The van der Waals surface area contributed by atoms with Crippen LogP contribution < -0.4 is 10.6 Å². The van der Waals surface area contributed by atoms with Gasteiger partial charge in [0.15, 0.2) is 0 Å². The molecule has 17 heavy (non-hydrogen) atoms. The van der Waals surface area contributed by atoms with Crippen LogP contribution in [0.4, 0.5) is 5.69 Å². The number of esters is 1. The van der Waals surface area contributed by atoms with Gasteiger partial charge in [0.2, 0.25) is 5.91 Å². The molecule has 0 radical (unpaired) electrons. The van der Waals surface area contributed by atoms with Gasteiger partial charge in [0.05, 0.1) is 18.8 Å². The summed E-state index contributed by atoms with van der Waals surface area (Å²) in [6, 6.07) is -0.320. The highest BCUT2D eigenvalue weighted by Crippen LogP contribution is 2.28. The molecule has 0 aliphatic carbocycles. The van der Waals surface area contributed by atoms with Crippen LogP contribution in [-0.4, -0.2) is 32.1 Å². The van der Waals surface area contributed by atoms with Crippen LogP contribution in [0.15, 0.2) is 5.38 Å². The maximum absolute atomic E-state index is 11.7. The number of nitrogens with one attached hydrogen (secondary N) is 2. The molecule has 1 rings (SSSR count). The van der Waals surface area contributed by atoms with E-state index in [2.05, 4.69) is 15.4 Å². The van der Waals surface area contributed by atoms with Crippen LogP contribution in [0.2, 0.25) is 0 Å². The van der Waals surface area contributed by atoms with Crippen molar-refractivity contribution in [1.29, 1.82) is 0 Å². The smallest absolute Gasteiger partial charge is 0.350 e. The molecule has 94 valence electrons. The molecule has 0 aliphatic rings. The minimum atomic E-state index is -0.435. The number of methoxy groups -OCH3 is 1. The largest absolute Gasteiger partial charge is 0.465 e. The zero-order valence-electron chi connectivity index (χ0n) is 10.3. The SMILES string of the molecule is CNC(C)C(=O)Nc1c(C)csc1C(=O)OC. The van der Waals surface area contributed by atoms with Gasteiger partial charge in [-0.1, -0.05) is 0 Å². The Bertz CT molecular complexity index is 428. The van der Waals surface area contributed by atoms with Gasteiger partial charge in [0.1, 0.15) is 4.88 Å².